The standard InChI is InChI=1S/C20H29N3O3/c1-15-8-9-18(26-2)17(14-15)21-20(25)23-12-4-3-6-16(23)10-13-22-11-5-7-19(22)24/h8-9,14,16H,3-7,10-13H2,1-2H3,(H,21,25). The molecule has 1 N–H and O–H groups in total. The summed E-state index contributed by atoms with van der Waals surface area (Å²) in [6, 6.07) is 5.88. The number of urea groups is 1. The first-order valence-corrected chi connectivity index (χ1v) is 9.58. The minimum atomic E-state index is -0.0775. The number of piperidine rings is 1. The second kappa shape index (κ2) is 8.43. The number of ether oxygens (including phenoxy) is 1. The van der Waals surface area contributed by atoms with E-state index in [1.54, 1.807) is 7.11 Å². The fraction of sp³-hybridized carbons (Fsp3) is 0.600. The third-order valence-corrected chi connectivity index (χ3v) is 5.39. The van der Waals surface area contributed by atoms with E-state index in [0.717, 1.165) is 57.3 Å². The minimum absolute atomic E-state index is 0.0775. The molecule has 1 atom stereocenters. The van der Waals surface area contributed by atoms with E-state index in [1.807, 2.05) is 34.9 Å². The topological polar surface area (TPSA) is 61.9 Å². The summed E-state index contributed by atoms with van der Waals surface area (Å²) in [7, 11) is 1.61. The molecule has 6 heteroatoms. The minimum Gasteiger partial charge on any atom is -0.495 e. The molecule has 1 unspecified atom stereocenters. The molecule has 0 aliphatic carbocycles. The summed E-state index contributed by atoms with van der Waals surface area (Å²) in [5.74, 6) is 0.918. The number of carbonyl (C=O) groups is 2. The number of methoxy groups -OCH3 is 1. The van der Waals surface area contributed by atoms with E-state index in [0.29, 0.717) is 17.9 Å². The molecular weight excluding hydrogens is 330 g/mol. The zero-order chi connectivity index (χ0) is 18.5. The van der Waals surface area contributed by atoms with E-state index < -0.39 is 0 Å². The lowest BCUT2D eigenvalue weighted by Crippen LogP contribution is -2.47. The van der Waals surface area contributed by atoms with Gasteiger partial charge in [-0.3, -0.25) is 4.79 Å². The molecule has 0 spiro atoms. The zero-order valence-electron chi connectivity index (χ0n) is 15.8. The van der Waals surface area contributed by atoms with Crippen LogP contribution in [0.2, 0.25) is 0 Å². The van der Waals surface area contributed by atoms with Gasteiger partial charge in [0.1, 0.15) is 5.75 Å². The normalized spacial score (nSPS) is 20.4. The lowest BCUT2D eigenvalue weighted by atomic mass is 9.99. The van der Waals surface area contributed by atoms with Crippen molar-refractivity contribution in [3.05, 3.63) is 23.8 Å². The number of anilines is 1. The first-order valence-electron chi connectivity index (χ1n) is 9.58. The van der Waals surface area contributed by atoms with Gasteiger partial charge in [0.2, 0.25) is 5.91 Å². The predicted molar refractivity (Wildman–Crippen MR) is 102 cm³/mol. The van der Waals surface area contributed by atoms with E-state index in [1.165, 1.54) is 0 Å². The van der Waals surface area contributed by atoms with Crippen molar-refractivity contribution in [1.29, 1.82) is 0 Å². The maximum absolute atomic E-state index is 12.9. The Labute approximate surface area is 155 Å². The van der Waals surface area contributed by atoms with Gasteiger partial charge in [0, 0.05) is 32.1 Å². The molecule has 6 nitrogen and oxygen atoms in total. The molecule has 1 aromatic rings. The molecule has 0 saturated carbocycles. The third-order valence-electron chi connectivity index (χ3n) is 5.39. The van der Waals surface area contributed by atoms with Gasteiger partial charge in [0.05, 0.1) is 12.8 Å². The number of likely N-dealkylation sites (tertiary alicyclic amines) is 2. The monoisotopic (exact) mass is 359 g/mol. The van der Waals surface area contributed by atoms with E-state index in [-0.39, 0.29) is 18.0 Å². The van der Waals surface area contributed by atoms with E-state index in [2.05, 4.69) is 5.32 Å². The molecule has 142 valence electrons. The predicted octanol–water partition coefficient (Wildman–Crippen LogP) is 3.40. The van der Waals surface area contributed by atoms with Crippen molar-refractivity contribution in [2.45, 2.75) is 51.5 Å². The van der Waals surface area contributed by atoms with Crippen LogP contribution in [0.4, 0.5) is 10.5 Å². The van der Waals surface area contributed by atoms with Crippen LogP contribution in [-0.4, -0.2) is 54.5 Å². The van der Waals surface area contributed by atoms with E-state index in [4.69, 9.17) is 4.74 Å². The van der Waals surface area contributed by atoms with Gasteiger partial charge in [-0.25, -0.2) is 4.79 Å². The molecule has 0 radical (unpaired) electrons. The van der Waals surface area contributed by atoms with Gasteiger partial charge >= 0.3 is 6.03 Å². The van der Waals surface area contributed by atoms with Gasteiger partial charge in [-0.1, -0.05) is 6.07 Å². The number of nitrogens with one attached hydrogen (secondary N) is 1. The highest BCUT2D eigenvalue weighted by Crippen LogP contribution is 2.27. The maximum Gasteiger partial charge on any atom is 0.322 e. The fourth-order valence-electron chi connectivity index (χ4n) is 3.92. The van der Waals surface area contributed by atoms with Crippen molar-refractivity contribution in [3.8, 4) is 5.75 Å². The molecule has 1 aromatic carbocycles. The van der Waals surface area contributed by atoms with Crippen LogP contribution < -0.4 is 10.1 Å². The summed E-state index contributed by atoms with van der Waals surface area (Å²) in [5.41, 5.74) is 1.78. The van der Waals surface area contributed by atoms with Crippen LogP contribution in [0, 0.1) is 6.92 Å². The molecule has 2 aliphatic rings. The molecule has 3 amide bonds. The van der Waals surface area contributed by atoms with Crippen molar-refractivity contribution in [3.63, 3.8) is 0 Å². The number of amides is 3. The van der Waals surface area contributed by atoms with Gasteiger partial charge < -0.3 is 19.9 Å². The molecule has 0 aromatic heterocycles. The van der Waals surface area contributed by atoms with Gasteiger partial charge in [-0.15, -0.1) is 0 Å². The average molecular weight is 359 g/mol. The number of hydrogen-bond acceptors (Lipinski definition) is 3. The number of rotatable bonds is 5. The molecule has 0 bridgehead atoms. The molecule has 3 rings (SSSR count). The summed E-state index contributed by atoms with van der Waals surface area (Å²) in [6.45, 7) is 4.36. The van der Waals surface area contributed by atoms with Crippen LogP contribution in [0.3, 0.4) is 0 Å². The van der Waals surface area contributed by atoms with Crippen LogP contribution in [0.15, 0.2) is 18.2 Å². The van der Waals surface area contributed by atoms with Crippen molar-refractivity contribution in [2.24, 2.45) is 0 Å². The highest BCUT2D eigenvalue weighted by Gasteiger charge is 2.29. The second-order valence-corrected chi connectivity index (χ2v) is 7.25. The van der Waals surface area contributed by atoms with Crippen molar-refractivity contribution in [2.75, 3.05) is 32.1 Å². The Balaban J connectivity index is 1.64. The maximum atomic E-state index is 12.9. The van der Waals surface area contributed by atoms with Crippen LogP contribution in [0.5, 0.6) is 5.75 Å². The number of benzene rings is 1. The van der Waals surface area contributed by atoms with Gasteiger partial charge in [0.25, 0.3) is 0 Å². The number of hydrogen-bond donors (Lipinski definition) is 1. The zero-order valence-corrected chi connectivity index (χ0v) is 15.8. The Bertz CT molecular complexity index is 662. The smallest absolute Gasteiger partial charge is 0.322 e. The Morgan fingerprint density at radius 1 is 1.27 bits per heavy atom. The van der Waals surface area contributed by atoms with E-state index in [9.17, 15) is 9.59 Å². The fourth-order valence-corrected chi connectivity index (χ4v) is 3.92. The summed E-state index contributed by atoms with van der Waals surface area (Å²) >= 11 is 0. The molecule has 2 heterocycles. The van der Waals surface area contributed by atoms with Crippen molar-refractivity contribution in [1.82, 2.24) is 9.80 Å². The number of aryl methyl sites for hydroxylation is 1. The largest absolute Gasteiger partial charge is 0.495 e. The molecule has 2 saturated heterocycles. The molecule has 2 aliphatic heterocycles. The third kappa shape index (κ3) is 4.29. The van der Waals surface area contributed by atoms with Crippen molar-refractivity contribution >= 4 is 17.6 Å². The Morgan fingerprint density at radius 2 is 2.12 bits per heavy atom. The highest BCUT2D eigenvalue weighted by molar-refractivity contribution is 5.91. The van der Waals surface area contributed by atoms with Gasteiger partial charge in [-0.2, -0.15) is 0 Å². The van der Waals surface area contributed by atoms with Crippen LogP contribution in [0.25, 0.3) is 0 Å². The molecule has 26 heavy (non-hydrogen) atoms. The second-order valence-electron chi connectivity index (χ2n) is 7.25. The lowest BCUT2D eigenvalue weighted by molar-refractivity contribution is -0.127. The summed E-state index contributed by atoms with van der Waals surface area (Å²) in [4.78, 5) is 28.6. The summed E-state index contributed by atoms with van der Waals surface area (Å²) < 4.78 is 5.36. The average Bonchev–Trinajstić information content (AvgIpc) is 3.05. The highest BCUT2D eigenvalue weighted by atomic mass is 16.5. The molecule has 2 fully saturated rings. The first kappa shape index (κ1) is 18.5. The van der Waals surface area contributed by atoms with Gasteiger partial charge in [0.15, 0.2) is 0 Å². The number of nitrogens with zero attached hydrogens (tertiary/aromatic N) is 2. The van der Waals surface area contributed by atoms with Crippen LogP contribution >= 0.6 is 0 Å². The Kier molecular flexibility index (Phi) is 6.01. The summed E-state index contributed by atoms with van der Waals surface area (Å²) in [6.07, 6.45) is 5.64. The first-order chi connectivity index (χ1) is 12.6. The van der Waals surface area contributed by atoms with Crippen molar-refractivity contribution < 1.29 is 14.3 Å². The van der Waals surface area contributed by atoms with Crippen LogP contribution in [-0.2, 0) is 4.79 Å². The quantitative estimate of drug-likeness (QED) is 0.876. The molecular formula is C20H29N3O3. The SMILES string of the molecule is COc1ccc(C)cc1NC(=O)N1CCCCC1CCN1CCCC1=O. The Morgan fingerprint density at radius 3 is 2.85 bits per heavy atom. The van der Waals surface area contributed by atoms with E-state index >= 15 is 0 Å². The number of carbonyl (C=O) groups excluding carboxylic acids is 2. The Hall–Kier alpha value is -2.24. The summed E-state index contributed by atoms with van der Waals surface area (Å²) in [5, 5.41) is 3.02. The lowest BCUT2D eigenvalue weighted by Gasteiger charge is -2.36. The van der Waals surface area contributed by atoms with Gasteiger partial charge in [-0.05, 0) is 56.7 Å². The van der Waals surface area contributed by atoms with Crippen LogP contribution in [0.1, 0.15) is 44.1 Å².